The number of nitrogens with one attached hydrogen (secondary N) is 1. The van der Waals surface area contributed by atoms with Crippen molar-refractivity contribution in [1.29, 1.82) is 0 Å². The van der Waals surface area contributed by atoms with Gasteiger partial charge in [0.25, 0.3) is 0 Å². The summed E-state index contributed by atoms with van der Waals surface area (Å²) in [5.41, 5.74) is 2.11. The van der Waals surface area contributed by atoms with Crippen molar-refractivity contribution in [3.05, 3.63) is 58.6 Å². The number of hydrogen-bond donors (Lipinski definition) is 1. The lowest BCUT2D eigenvalue weighted by Crippen LogP contribution is -2.11. The van der Waals surface area contributed by atoms with Crippen molar-refractivity contribution < 1.29 is 4.39 Å². The van der Waals surface area contributed by atoms with Gasteiger partial charge in [-0.25, -0.2) is 4.39 Å². The predicted octanol–water partition coefficient (Wildman–Crippen LogP) is 3.61. The number of rotatable bonds is 4. The molecule has 18 heavy (non-hydrogen) atoms. The van der Waals surface area contributed by atoms with Crippen LogP contribution in [0, 0.1) is 5.82 Å². The molecule has 0 amide bonds. The Kier molecular flexibility index (Phi) is 4.04. The zero-order valence-electron chi connectivity index (χ0n) is 10.5. The summed E-state index contributed by atoms with van der Waals surface area (Å²) in [6.07, 6.45) is 4.06. The summed E-state index contributed by atoms with van der Waals surface area (Å²) in [5, 5.41) is 3.35. The van der Waals surface area contributed by atoms with E-state index in [0.29, 0.717) is 12.6 Å². The Morgan fingerprint density at radius 2 is 2.17 bits per heavy atom. The highest BCUT2D eigenvalue weighted by atomic mass is 35.5. The average molecular weight is 267 g/mol. The molecule has 1 aromatic heterocycles. The van der Waals surface area contributed by atoms with Crippen LogP contribution in [0.1, 0.15) is 24.1 Å². The van der Waals surface area contributed by atoms with Crippen molar-refractivity contribution in [2.75, 3.05) is 7.05 Å². The van der Waals surface area contributed by atoms with Gasteiger partial charge < -0.3 is 9.88 Å². The minimum atomic E-state index is -0.370. The van der Waals surface area contributed by atoms with Gasteiger partial charge in [0, 0.05) is 25.0 Å². The highest BCUT2D eigenvalue weighted by molar-refractivity contribution is 6.30. The third-order valence-electron chi connectivity index (χ3n) is 3.06. The summed E-state index contributed by atoms with van der Waals surface area (Å²) < 4.78 is 15.4. The molecule has 0 radical (unpaired) electrons. The highest BCUT2D eigenvalue weighted by Gasteiger charge is 2.05. The van der Waals surface area contributed by atoms with Crippen LogP contribution in [-0.2, 0) is 6.54 Å². The Labute approximate surface area is 111 Å². The molecule has 0 aliphatic heterocycles. The molecule has 4 heteroatoms. The molecule has 1 atom stereocenters. The van der Waals surface area contributed by atoms with Gasteiger partial charge in [-0.1, -0.05) is 17.7 Å². The van der Waals surface area contributed by atoms with Crippen LogP contribution in [0.2, 0.25) is 5.02 Å². The van der Waals surface area contributed by atoms with Gasteiger partial charge in [0.2, 0.25) is 0 Å². The van der Waals surface area contributed by atoms with E-state index in [0.717, 1.165) is 5.56 Å². The van der Waals surface area contributed by atoms with E-state index in [4.69, 9.17) is 11.6 Å². The molecular formula is C14H16ClFN2. The molecule has 96 valence electrons. The SMILES string of the molecule is CNC(C)c1ccn(Cc2ccc(Cl)c(F)c2)c1. The van der Waals surface area contributed by atoms with Gasteiger partial charge in [-0.3, -0.25) is 0 Å². The molecule has 0 spiro atoms. The molecule has 2 rings (SSSR count). The van der Waals surface area contributed by atoms with Gasteiger partial charge in [0.1, 0.15) is 5.82 Å². The Balaban J connectivity index is 2.13. The molecule has 1 N–H and O–H groups in total. The molecule has 0 bridgehead atoms. The van der Waals surface area contributed by atoms with Crippen molar-refractivity contribution in [2.45, 2.75) is 19.5 Å². The summed E-state index contributed by atoms with van der Waals surface area (Å²) in [4.78, 5) is 0. The predicted molar refractivity (Wildman–Crippen MR) is 72.4 cm³/mol. The lowest BCUT2D eigenvalue weighted by molar-refractivity contribution is 0.623. The first-order chi connectivity index (χ1) is 8.60. The largest absolute Gasteiger partial charge is 0.350 e. The number of halogens is 2. The van der Waals surface area contributed by atoms with Crippen LogP contribution in [0.5, 0.6) is 0 Å². The topological polar surface area (TPSA) is 17.0 Å². The summed E-state index contributed by atoms with van der Waals surface area (Å²) in [7, 11) is 1.93. The molecule has 2 aromatic rings. The number of benzene rings is 1. The molecular weight excluding hydrogens is 251 g/mol. The zero-order chi connectivity index (χ0) is 13.1. The lowest BCUT2D eigenvalue weighted by atomic mass is 10.2. The number of aromatic nitrogens is 1. The molecule has 2 nitrogen and oxygen atoms in total. The van der Waals surface area contributed by atoms with E-state index in [1.54, 1.807) is 6.07 Å². The van der Waals surface area contributed by atoms with E-state index in [-0.39, 0.29) is 10.8 Å². The van der Waals surface area contributed by atoms with E-state index in [9.17, 15) is 4.39 Å². The minimum Gasteiger partial charge on any atom is -0.350 e. The number of hydrogen-bond acceptors (Lipinski definition) is 1. The molecule has 1 unspecified atom stereocenters. The fraction of sp³-hybridized carbons (Fsp3) is 0.286. The van der Waals surface area contributed by atoms with E-state index in [2.05, 4.69) is 24.5 Å². The quantitative estimate of drug-likeness (QED) is 0.895. The standard InChI is InChI=1S/C14H16ClFN2/c1-10(17-2)12-5-6-18(9-12)8-11-3-4-13(15)14(16)7-11/h3-7,9-10,17H,8H2,1-2H3. The Hall–Kier alpha value is -1.32. The van der Waals surface area contributed by atoms with Gasteiger partial charge in [0.15, 0.2) is 0 Å². The highest BCUT2D eigenvalue weighted by Crippen LogP contribution is 2.17. The van der Waals surface area contributed by atoms with Crippen LogP contribution >= 0.6 is 11.6 Å². The molecule has 0 saturated heterocycles. The summed E-state index contributed by atoms with van der Waals surface area (Å²) in [6.45, 7) is 2.74. The first-order valence-corrected chi connectivity index (χ1v) is 6.25. The van der Waals surface area contributed by atoms with Gasteiger partial charge >= 0.3 is 0 Å². The molecule has 0 saturated carbocycles. The van der Waals surface area contributed by atoms with Gasteiger partial charge in [-0.2, -0.15) is 0 Å². The lowest BCUT2D eigenvalue weighted by Gasteiger charge is -2.07. The maximum Gasteiger partial charge on any atom is 0.142 e. The monoisotopic (exact) mass is 266 g/mol. The maximum absolute atomic E-state index is 13.3. The molecule has 0 aliphatic rings. The number of nitrogens with zero attached hydrogens (tertiary/aromatic N) is 1. The second-order valence-electron chi connectivity index (χ2n) is 4.38. The van der Waals surface area contributed by atoms with Crippen LogP contribution in [-0.4, -0.2) is 11.6 Å². The van der Waals surface area contributed by atoms with Crippen LogP contribution in [0.15, 0.2) is 36.7 Å². The fourth-order valence-electron chi connectivity index (χ4n) is 1.83. The molecule has 0 aliphatic carbocycles. The summed E-state index contributed by atoms with van der Waals surface area (Å²) >= 11 is 5.66. The van der Waals surface area contributed by atoms with E-state index >= 15 is 0 Å². The van der Waals surface area contributed by atoms with Crippen molar-refractivity contribution in [2.24, 2.45) is 0 Å². The van der Waals surface area contributed by atoms with Crippen molar-refractivity contribution >= 4 is 11.6 Å². The van der Waals surface area contributed by atoms with Crippen LogP contribution in [0.3, 0.4) is 0 Å². The maximum atomic E-state index is 13.3. The smallest absolute Gasteiger partial charge is 0.142 e. The van der Waals surface area contributed by atoms with Crippen LogP contribution in [0.25, 0.3) is 0 Å². The zero-order valence-corrected chi connectivity index (χ0v) is 11.2. The second kappa shape index (κ2) is 5.55. The fourth-order valence-corrected chi connectivity index (χ4v) is 1.95. The summed E-state index contributed by atoms with van der Waals surface area (Å²) in [6, 6.07) is 7.28. The Morgan fingerprint density at radius 3 is 2.83 bits per heavy atom. The van der Waals surface area contributed by atoms with E-state index < -0.39 is 0 Å². The van der Waals surface area contributed by atoms with Crippen molar-refractivity contribution in [3.8, 4) is 0 Å². The summed E-state index contributed by atoms with van der Waals surface area (Å²) in [5.74, 6) is -0.370. The van der Waals surface area contributed by atoms with Crippen LogP contribution in [0.4, 0.5) is 4.39 Å². The molecule has 1 heterocycles. The average Bonchev–Trinajstić information content (AvgIpc) is 2.81. The van der Waals surface area contributed by atoms with Crippen LogP contribution < -0.4 is 5.32 Å². The van der Waals surface area contributed by atoms with E-state index in [1.807, 2.05) is 23.9 Å². The van der Waals surface area contributed by atoms with E-state index in [1.165, 1.54) is 11.6 Å². The normalized spacial score (nSPS) is 12.7. The van der Waals surface area contributed by atoms with Gasteiger partial charge in [-0.15, -0.1) is 0 Å². The first-order valence-electron chi connectivity index (χ1n) is 5.87. The van der Waals surface area contributed by atoms with Crippen molar-refractivity contribution in [1.82, 2.24) is 9.88 Å². The van der Waals surface area contributed by atoms with Crippen molar-refractivity contribution in [3.63, 3.8) is 0 Å². The van der Waals surface area contributed by atoms with Gasteiger partial charge in [0.05, 0.1) is 5.02 Å². The first kappa shape index (κ1) is 13.1. The minimum absolute atomic E-state index is 0.163. The molecule has 1 aromatic carbocycles. The third kappa shape index (κ3) is 2.92. The third-order valence-corrected chi connectivity index (χ3v) is 3.36. The van der Waals surface area contributed by atoms with Gasteiger partial charge in [-0.05, 0) is 43.3 Å². The Bertz CT molecular complexity index is 536. The molecule has 0 fully saturated rings. The Morgan fingerprint density at radius 1 is 1.39 bits per heavy atom. The second-order valence-corrected chi connectivity index (χ2v) is 4.78.